The van der Waals surface area contributed by atoms with Crippen LogP contribution in [0.5, 0.6) is 0 Å². The zero-order valence-electron chi connectivity index (χ0n) is 13.0. The number of hydrogen-bond donors (Lipinski definition) is 1. The minimum atomic E-state index is 0.399. The molecule has 1 aromatic heterocycles. The Bertz CT molecular complexity index is 574. The highest BCUT2D eigenvalue weighted by molar-refractivity contribution is 5.24. The Kier molecular flexibility index (Phi) is 4.08. The highest BCUT2D eigenvalue weighted by Crippen LogP contribution is 2.27. The first kappa shape index (κ1) is 14.3. The van der Waals surface area contributed by atoms with Gasteiger partial charge in [0, 0.05) is 37.3 Å². The van der Waals surface area contributed by atoms with Crippen molar-refractivity contribution < 1.29 is 4.52 Å². The van der Waals surface area contributed by atoms with Crippen molar-refractivity contribution in [2.45, 2.75) is 39.4 Å². The van der Waals surface area contributed by atoms with Gasteiger partial charge in [0.1, 0.15) is 5.76 Å². The molecule has 1 aliphatic heterocycles. The number of piperazine rings is 1. The van der Waals surface area contributed by atoms with Gasteiger partial charge in [-0.05, 0) is 26.3 Å². The van der Waals surface area contributed by atoms with Gasteiger partial charge in [0.15, 0.2) is 0 Å². The normalized spacial score (nSPS) is 23.4. The van der Waals surface area contributed by atoms with E-state index in [0.717, 1.165) is 31.1 Å². The predicted octanol–water partition coefficient (Wildman–Crippen LogP) is 2.83. The topological polar surface area (TPSA) is 41.3 Å². The van der Waals surface area contributed by atoms with E-state index in [1.165, 1.54) is 11.1 Å². The fraction of sp³-hybridized carbons (Fsp3) is 0.471. The van der Waals surface area contributed by atoms with E-state index in [-0.39, 0.29) is 0 Å². The summed E-state index contributed by atoms with van der Waals surface area (Å²) in [6.07, 6.45) is 0. The Morgan fingerprint density at radius 3 is 2.71 bits per heavy atom. The second-order valence-corrected chi connectivity index (χ2v) is 5.97. The Labute approximate surface area is 126 Å². The Hall–Kier alpha value is -1.65. The summed E-state index contributed by atoms with van der Waals surface area (Å²) in [5.74, 6) is 0.936. The van der Waals surface area contributed by atoms with Crippen molar-refractivity contribution in [3.05, 3.63) is 52.9 Å². The molecule has 2 heterocycles. The van der Waals surface area contributed by atoms with Crippen LogP contribution in [0.1, 0.15) is 35.5 Å². The average Bonchev–Trinajstić information content (AvgIpc) is 2.80. The first-order valence-corrected chi connectivity index (χ1v) is 7.59. The van der Waals surface area contributed by atoms with Crippen molar-refractivity contribution in [1.29, 1.82) is 0 Å². The summed E-state index contributed by atoms with van der Waals surface area (Å²) < 4.78 is 5.31. The quantitative estimate of drug-likeness (QED) is 0.941. The number of aryl methyl sites for hydroxylation is 2. The van der Waals surface area contributed by atoms with Crippen LogP contribution in [0.4, 0.5) is 0 Å². The van der Waals surface area contributed by atoms with Crippen LogP contribution in [-0.2, 0) is 6.54 Å². The van der Waals surface area contributed by atoms with Gasteiger partial charge in [-0.1, -0.05) is 35.5 Å². The smallest absolute Gasteiger partial charge is 0.138 e. The lowest BCUT2D eigenvalue weighted by Gasteiger charge is -2.39. The Morgan fingerprint density at radius 2 is 2.05 bits per heavy atom. The lowest BCUT2D eigenvalue weighted by atomic mass is 10.00. The molecule has 1 fully saturated rings. The van der Waals surface area contributed by atoms with Crippen molar-refractivity contribution in [1.82, 2.24) is 15.4 Å². The number of hydrogen-bond acceptors (Lipinski definition) is 4. The van der Waals surface area contributed by atoms with Gasteiger partial charge in [-0.25, -0.2) is 0 Å². The first-order valence-electron chi connectivity index (χ1n) is 7.59. The molecule has 0 radical (unpaired) electrons. The molecular formula is C17H23N3O. The molecule has 4 nitrogen and oxygen atoms in total. The third-order valence-electron chi connectivity index (χ3n) is 4.34. The van der Waals surface area contributed by atoms with Crippen molar-refractivity contribution in [2.75, 3.05) is 13.1 Å². The fourth-order valence-electron chi connectivity index (χ4n) is 3.09. The van der Waals surface area contributed by atoms with Gasteiger partial charge in [-0.2, -0.15) is 0 Å². The van der Waals surface area contributed by atoms with Gasteiger partial charge in [0.2, 0.25) is 0 Å². The van der Waals surface area contributed by atoms with E-state index < -0.39 is 0 Å². The highest BCUT2D eigenvalue weighted by atomic mass is 16.5. The van der Waals surface area contributed by atoms with Gasteiger partial charge in [0.05, 0.1) is 5.69 Å². The molecule has 0 amide bonds. The summed E-state index contributed by atoms with van der Waals surface area (Å²) in [5.41, 5.74) is 3.60. The molecule has 112 valence electrons. The lowest BCUT2D eigenvalue weighted by Crippen LogP contribution is -2.50. The molecule has 2 aromatic rings. The zero-order chi connectivity index (χ0) is 14.8. The SMILES string of the molecule is Cc1noc(C)c1CN1CC(C)NCC1c1ccccc1. The minimum Gasteiger partial charge on any atom is -0.361 e. The second kappa shape index (κ2) is 6.00. The van der Waals surface area contributed by atoms with Gasteiger partial charge >= 0.3 is 0 Å². The third-order valence-corrected chi connectivity index (χ3v) is 4.34. The van der Waals surface area contributed by atoms with Crippen molar-refractivity contribution in [3.63, 3.8) is 0 Å². The molecule has 2 unspecified atom stereocenters. The summed E-state index contributed by atoms with van der Waals surface area (Å²) in [6.45, 7) is 9.17. The summed E-state index contributed by atoms with van der Waals surface area (Å²) >= 11 is 0. The average molecular weight is 285 g/mol. The molecule has 4 heteroatoms. The molecule has 21 heavy (non-hydrogen) atoms. The number of rotatable bonds is 3. The van der Waals surface area contributed by atoms with Crippen LogP contribution in [0.2, 0.25) is 0 Å². The van der Waals surface area contributed by atoms with Crippen LogP contribution in [0, 0.1) is 13.8 Å². The highest BCUT2D eigenvalue weighted by Gasteiger charge is 2.28. The molecule has 1 saturated heterocycles. The maximum Gasteiger partial charge on any atom is 0.138 e. The molecule has 1 N–H and O–H groups in total. The van der Waals surface area contributed by atoms with Crippen LogP contribution in [0.25, 0.3) is 0 Å². The van der Waals surface area contributed by atoms with E-state index >= 15 is 0 Å². The van der Waals surface area contributed by atoms with Gasteiger partial charge < -0.3 is 9.84 Å². The second-order valence-electron chi connectivity index (χ2n) is 5.97. The zero-order valence-corrected chi connectivity index (χ0v) is 13.0. The van der Waals surface area contributed by atoms with E-state index in [1.54, 1.807) is 0 Å². The summed E-state index contributed by atoms with van der Waals surface area (Å²) in [6, 6.07) is 11.6. The monoisotopic (exact) mass is 285 g/mol. The molecule has 0 saturated carbocycles. The van der Waals surface area contributed by atoms with Crippen LogP contribution in [0.15, 0.2) is 34.9 Å². The number of nitrogens with one attached hydrogen (secondary N) is 1. The van der Waals surface area contributed by atoms with E-state index in [4.69, 9.17) is 4.52 Å². The molecule has 2 atom stereocenters. The van der Waals surface area contributed by atoms with Crippen molar-refractivity contribution >= 4 is 0 Å². The van der Waals surface area contributed by atoms with Crippen molar-refractivity contribution in [2.24, 2.45) is 0 Å². The third kappa shape index (κ3) is 3.01. The maximum absolute atomic E-state index is 5.31. The van der Waals surface area contributed by atoms with Crippen LogP contribution in [-0.4, -0.2) is 29.2 Å². The summed E-state index contributed by atoms with van der Waals surface area (Å²) in [5, 5.41) is 7.67. The molecule has 0 aliphatic carbocycles. The Morgan fingerprint density at radius 1 is 1.29 bits per heavy atom. The standard InChI is InChI=1S/C17H23N3O/c1-12-10-20(11-16-13(2)19-21-14(16)3)17(9-18-12)15-7-5-4-6-8-15/h4-8,12,17-18H,9-11H2,1-3H3. The van der Waals surface area contributed by atoms with Crippen molar-refractivity contribution in [3.8, 4) is 0 Å². The van der Waals surface area contributed by atoms with Crippen LogP contribution >= 0.6 is 0 Å². The molecule has 1 aromatic carbocycles. The van der Waals surface area contributed by atoms with Crippen LogP contribution < -0.4 is 5.32 Å². The molecular weight excluding hydrogens is 262 g/mol. The molecule has 3 rings (SSSR count). The lowest BCUT2D eigenvalue weighted by molar-refractivity contribution is 0.127. The van der Waals surface area contributed by atoms with E-state index in [2.05, 4.69) is 52.6 Å². The predicted molar refractivity (Wildman–Crippen MR) is 83.0 cm³/mol. The van der Waals surface area contributed by atoms with Gasteiger partial charge in [-0.3, -0.25) is 4.90 Å². The summed E-state index contributed by atoms with van der Waals surface area (Å²) in [7, 11) is 0. The maximum atomic E-state index is 5.31. The molecule has 0 spiro atoms. The fourth-order valence-corrected chi connectivity index (χ4v) is 3.09. The van der Waals surface area contributed by atoms with Gasteiger partial charge in [0.25, 0.3) is 0 Å². The largest absolute Gasteiger partial charge is 0.361 e. The summed E-state index contributed by atoms with van der Waals surface area (Å²) in [4.78, 5) is 2.53. The number of benzene rings is 1. The molecule has 1 aliphatic rings. The Balaban J connectivity index is 1.85. The van der Waals surface area contributed by atoms with E-state index in [1.807, 2.05) is 13.8 Å². The molecule has 0 bridgehead atoms. The first-order chi connectivity index (χ1) is 10.1. The van der Waals surface area contributed by atoms with Gasteiger partial charge in [-0.15, -0.1) is 0 Å². The van der Waals surface area contributed by atoms with E-state index in [0.29, 0.717) is 12.1 Å². The van der Waals surface area contributed by atoms with E-state index in [9.17, 15) is 0 Å². The minimum absolute atomic E-state index is 0.399. The van der Waals surface area contributed by atoms with Crippen LogP contribution in [0.3, 0.4) is 0 Å². The number of nitrogens with zero attached hydrogens (tertiary/aromatic N) is 2. The number of aromatic nitrogens is 1.